The predicted molar refractivity (Wildman–Crippen MR) is 139 cm³/mol. The highest BCUT2D eigenvalue weighted by molar-refractivity contribution is 5.79. The fraction of sp³-hybridized carbons (Fsp3) is 0.310. The first-order valence-electron chi connectivity index (χ1n) is 12.2. The van der Waals surface area contributed by atoms with Gasteiger partial charge in [0.1, 0.15) is 17.3 Å². The lowest BCUT2D eigenvalue weighted by Gasteiger charge is -2.17. The number of imidazole rings is 1. The van der Waals surface area contributed by atoms with Crippen LogP contribution in [0.25, 0.3) is 11.0 Å². The number of aryl methyl sites for hydroxylation is 2. The molecule has 0 spiro atoms. The number of para-hydroxylation sites is 2. The van der Waals surface area contributed by atoms with Gasteiger partial charge in [-0.1, -0.05) is 43.3 Å². The summed E-state index contributed by atoms with van der Waals surface area (Å²) in [5.41, 5.74) is 4.23. The van der Waals surface area contributed by atoms with Gasteiger partial charge in [0, 0.05) is 6.54 Å². The molecule has 0 radical (unpaired) electrons. The van der Waals surface area contributed by atoms with Crippen LogP contribution in [0.3, 0.4) is 0 Å². The van der Waals surface area contributed by atoms with Crippen LogP contribution in [0.1, 0.15) is 43.3 Å². The first-order chi connectivity index (χ1) is 17.1. The molecule has 0 fully saturated rings. The number of aromatic nitrogens is 2. The molecule has 1 N–H and O–H groups in total. The van der Waals surface area contributed by atoms with E-state index in [-0.39, 0.29) is 11.9 Å². The molecule has 0 aliphatic rings. The number of rotatable bonds is 11. The third-order valence-electron chi connectivity index (χ3n) is 6.10. The SMILES string of the molecule is CCc1ccc(OCCCn2c(C(C)NC(=O)Cc3ccc(OC)cc3)nc3ccccc32)cc1. The van der Waals surface area contributed by atoms with Crippen molar-refractivity contribution in [3.8, 4) is 11.5 Å². The highest BCUT2D eigenvalue weighted by Crippen LogP contribution is 2.22. The van der Waals surface area contributed by atoms with E-state index in [1.54, 1.807) is 7.11 Å². The van der Waals surface area contributed by atoms with Gasteiger partial charge < -0.3 is 19.4 Å². The Balaban J connectivity index is 1.40. The van der Waals surface area contributed by atoms with E-state index in [1.165, 1.54) is 5.56 Å². The number of ether oxygens (including phenoxy) is 2. The summed E-state index contributed by atoms with van der Waals surface area (Å²) in [4.78, 5) is 17.6. The smallest absolute Gasteiger partial charge is 0.224 e. The first-order valence-corrected chi connectivity index (χ1v) is 12.2. The van der Waals surface area contributed by atoms with Gasteiger partial charge >= 0.3 is 0 Å². The fourth-order valence-corrected chi connectivity index (χ4v) is 4.18. The van der Waals surface area contributed by atoms with Crippen LogP contribution in [0.5, 0.6) is 11.5 Å². The van der Waals surface area contributed by atoms with E-state index in [9.17, 15) is 4.79 Å². The zero-order valence-electron chi connectivity index (χ0n) is 20.7. The molecular formula is C29H33N3O3. The molecule has 3 aromatic carbocycles. The van der Waals surface area contributed by atoms with Crippen LogP contribution in [-0.2, 0) is 24.2 Å². The summed E-state index contributed by atoms with van der Waals surface area (Å²) in [6.07, 6.45) is 2.15. The van der Waals surface area contributed by atoms with Crippen LogP contribution >= 0.6 is 0 Å². The summed E-state index contributed by atoms with van der Waals surface area (Å²) >= 11 is 0. The molecule has 182 valence electrons. The topological polar surface area (TPSA) is 65.4 Å². The molecule has 1 atom stereocenters. The molecule has 4 aromatic rings. The molecule has 0 saturated heterocycles. The molecule has 6 nitrogen and oxygen atoms in total. The summed E-state index contributed by atoms with van der Waals surface area (Å²) in [6, 6.07) is 23.7. The number of methoxy groups -OCH3 is 1. The second kappa shape index (κ2) is 11.6. The Kier molecular flexibility index (Phi) is 8.03. The van der Waals surface area contributed by atoms with Crippen molar-refractivity contribution in [1.29, 1.82) is 0 Å². The number of carbonyl (C=O) groups excluding carboxylic acids is 1. The molecule has 35 heavy (non-hydrogen) atoms. The van der Waals surface area contributed by atoms with Crippen molar-refractivity contribution in [2.45, 2.75) is 45.7 Å². The highest BCUT2D eigenvalue weighted by Gasteiger charge is 2.18. The minimum Gasteiger partial charge on any atom is -0.497 e. The maximum atomic E-state index is 12.7. The van der Waals surface area contributed by atoms with E-state index >= 15 is 0 Å². The molecular weight excluding hydrogens is 438 g/mol. The van der Waals surface area contributed by atoms with Crippen LogP contribution in [-0.4, -0.2) is 29.2 Å². The summed E-state index contributed by atoms with van der Waals surface area (Å²) in [6.45, 7) is 5.48. The van der Waals surface area contributed by atoms with E-state index in [0.29, 0.717) is 13.0 Å². The monoisotopic (exact) mass is 471 g/mol. The Morgan fingerprint density at radius 1 is 0.971 bits per heavy atom. The Bertz CT molecular complexity index is 1250. The van der Waals surface area contributed by atoms with Crippen LogP contribution in [0.2, 0.25) is 0 Å². The predicted octanol–water partition coefficient (Wildman–Crippen LogP) is 5.50. The van der Waals surface area contributed by atoms with Crippen molar-refractivity contribution < 1.29 is 14.3 Å². The van der Waals surface area contributed by atoms with E-state index in [2.05, 4.69) is 35.0 Å². The number of nitrogens with zero attached hydrogens (tertiary/aromatic N) is 2. The number of carbonyl (C=O) groups is 1. The minimum absolute atomic E-state index is 0.0415. The number of hydrogen-bond acceptors (Lipinski definition) is 4. The van der Waals surface area contributed by atoms with Gasteiger partial charge in [0.05, 0.1) is 37.2 Å². The summed E-state index contributed by atoms with van der Waals surface area (Å²) < 4.78 is 13.3. The number of hydrogen-bond donors (Lipinski definition) is 1. The number of nitrogens with one attached hydrogen (secondary N) is 1. The number of fused-ring (bicyclic) bond motifs is 1. The summed E-state index contributed by atoms with van der Waals surface area (Å²) in [5, 5.41) is 3.12. The third-order valence-corrected chi connectivity index (χ3v) is 6.10. The van der Waals surface area contributed by atoms with Crippen molar-refractivity contribution in [2.24, 2.45) is 0 Å². The van der Waals surface area contributed by atoms with Crippen LogP contribution < -0.4 is 14.8 Å². The molecule has 1 heterocycles. The van der Waals surface area contributed by atoms with Gasteiger partial charge in [-0.15, -0.1) is 0 Å². The zero-order chi connectivity index (χ0) is 24.6. The minimum atomic E-state index is -0.226. The second-order valence-corrected chi connectivity index (χ2v) is 8.62. The summed E-state index contributed by atoms with van der Waals surface area (Å²) in [7, 11) is 1.63. The van der Waals surface area contributed by atoms with Crippen LogP contribution in [0.4, 0.5) is 0 Å². The van der Waals surface area contributed by atoms with Gasteiger partial charge in [0.15, 0.2) is 0 Å². The second-order valence-electron chi connectivity index (χ2n) is 8.62. The first kappa shape index (κ1) is 24.3. The Hall–Kier alpha value is -3.80. The summed E-state index contributed by atoms with van der Waals surface area (Å²) in [5.74, 6) is 2.47. The molecule has 4 rings (SSSR count). The normalized spacial score (nSPS) is 11.9. The Morgan fingerprint density at radius 2 is 1.66 bits per heavy atom. The largest absolute Gasteiger partial charge is 0.497 e. The Labute approximate surface area is 206 Å². The molecule has 0 bridgehead atoms. The average molecular weight is 472 g/mol. The molecule has 1 unspecified atom stereocenters. The maximum absolute atomic E-state index is 12.7. The lowest BCUT2D eigenvalue weighted by molar-refractivity contribution is -0.121. The third kappa shape index (κ3) is 6.21. The highest BCUT2D eigenvalue weighted by atomic mass is 16.5. The van der Waals surface area contributed by atoms with Gasteiger partial charge in [0.25, 0.3) is 0 Å². The van der Waals surface area contributed by atoms with Crippen molar-refractivity contribution in [1.82, 2.24) is 14.9 Å². The van der Waals surface area contributed by atoms with Gasteiger partial charge in [-0.05, 0) is 67.3 Å². The fourth-order valence-electron chi connectivity index (χ4n) is 4.18. The van der Waals surface area contributed by atoms with E-state index in [1.807, 2.05) is 61.5 Å². The molecule has 1 aromatic heterocycles. The van der Waals surface area contributed by atoms with Gasteiger partial charge in [-0.25, -0.2) is 4.98 Å². The molecule has 1 amide bonds. The quantitative estimate of drug-likeness (QED) is 0.294. The van der Waals surface area contributed by atoms with Crippen molar-refractivity contribution in [2.75, 3.05) is 13.7 Å². The molecule has 0 saturated carbocycles. The molecule has 6 heteroatoms. The van der Waals surface area contributed by atoms with Crippen molar-refractivity contribution in [3.63, 3.8) is 0 Å². The van der Waals surface area contributed by atoms with Gasteiger partial charge in [0.2, 0.25) is 5.91 Å². The van der Waals surface area contributed by atoms with E-state index in [4.69, 9.17) is 14.5 Å². The molecule has 0 aliphatic heterocycles. The standard InChI is InChI=1S/C29H33N3O3/c1-4-22-10-16-25(17-11-22)35-19-7-18-32-27-9-6-5-8-26(27)31-29(32)21(2)30-28(33)20-23-12-14-24(34-3)15-13-23/h5-6,8-17,21H,4,7,18-20H2,1-3H3,(H,30,33). The Morgan fingerprint density at radius 3 is 2.37 bits per heavy atom. The van der Waals surface area contributed by atoms with Gasteiger partial charge in [-0.2, -0.15) is 0 Å². The average Bonchev–Trinajstić information content (AvgIpc) is 3.26. The number of benzene rings is 3. The zero-order valence-corrected chi connectivity index (χ0v) is 20.7. The van der Waals surface area contributed by atoms with E-state index in [0.717, 1.165) is 53.3 Å². The van der Waals surface area contributed by atoms with Crippen molar-refractivity contribution in [3.05, 3.63) is 89.7 Å². The van der Waals surface area contributed by atoms with Crippen molar-refractivity contribution >= 4 is 16.9 Å². The van der Waals surface area contributed by atoms with Crippen LogP contribution in [0, 0.1) is 0 Å². The lowest BCUT2D eigenvalue weighted by Crippen LogP contribution is -2.30. The lowest BCUT2D eigenvalue weighted by atomic mass is 10.1. The molecule has 0 aliphatic carbocycles. The maximum Gasteiger partial charge on any atom is 0.224 e. The van der Waals surface area contributed by atoms with Crippen LogP contribution in [0.15, 0.2) is 72.8 Å². The van der Waals surface area contributed by atoms with E-state index < -0.39 is 0 Å². The number of amides is 1. The van der Waals surface area contributed by atoms with Gasteiger partial charge in [-0.3, -0.25) is 4.79 Å².